The summed E-state index contributed by atoms with van der Waals surface area (Å²) in [6.45, 7) is 0.225. The Morgan fingerprint density at radius 1 is 0.865 bits per heavy atom. The highest BCUT2D eigenvalue weighted by Crippen LogP contribution is 2.41. The van der Waals surface area contributed by atoms with Gasteiger partial charge in [-0.3, -0.25) is 9.36 Å². The Morgan fingerprint density at radius 2 is 1.65 bits per heavy atom. The third kappa shape index (κ3) is 3.94. The second-order valence-corrected chi connectivity index (χ2v) is 10.4. The molecule has 3 heterocycles. The molecule has 0 fully saturated rings. The van der Waals surface area contributed by atoms with E-state index in [1.54, 1.807) is 0 Å². The molecule has 0 spiro atoms. The van der Waals surface area contributed by atoms with Crippen molar-refractivity contribution < 1.29 is 9.47 Å². The van der Waals surface area contributed by atoms with Gasteiger partial charge in [0.1, 0.15) is 0 Å². The number of hydrogen-bond donors (Lipinski definition) is 0. The Morgan fingerprint density at radius 3 is 2.49 bits per heavy atom. The summed E-state index contributed by atoms with van der Waals surface area (Å²) >= 11 is 1.45. The van der Waals surface area contributed by atoms with E-state index in [9.17, 15) is 4.79 Å². The van der Waals surface area contributed by atoms with E-state index in [0.717, 1.165) is 46.6 Å². The molecule has 37 heavy (non-hydrogen) atoms. The predicted octanol–water partition coefficient (Wildman–Crippen LogP) is 5.21. The van der Waals surface area contributed by atoms with E-state index in [-0.39, 0.29) is 18.4 Å². The lowest BCUT2D eigenvalue weighted by molar-refractivity contribution is 0.174. The van der Waals surface area contributed by atoms with Gasteiger partial charge in [0.05, 0.1) is 16.3 Å². The monoisotopic (exact) mass is 504 g/mol. The molecule has 5 nitrogen and oxygen atoms in total. The standard InChI is InChI=1S/C31H24N2O3S/c34-30-27(18-21-14-15-25-26(17-21)36-19-35-25)37-31-32-28-23(16-20-8-3-1-4-9-20)12-7-13-24(28)29(33(30)31)22-10-5-2-6-11-22/h1-6,8-11,14-18,29H,7,12-13,19H2/b23-16-,27-18+. The smallest absolute Gasteiger partial charge is 0.271 e. The van der Waals surface area contributed by atoms with Crippen LogP contribution in [0.2, 0.25) is 0 Å². The van der Waals surface area contributed by atoms with Gasteiger partial charge in [-0.25, -0.2) is 4.99 Å². The summed E-state index contributed by atoms with van der Waals surface area (Å²) in [7, 11) is 0. The van der Waals surface area contributed by atoms with Crippen molar-refractivity contribution in [1.82, 2.24) is 4.57 Å². The van der Waals surface area contributed by atoms with Gasteiger partial charge in [0, 0.05) is 0 Å². The Hall–Kier alpha value is -4.16. The third-order valence-corrected chi connectivity index (χ3v) is 8.07. The number of benzene rings is 3. The van der Waals surface area contributed by atoms with Crippen LogP contribution in [0.3, 0.4) is 0 Å². The molecule has 1 atom stereocenters. The molecule has 2 aliphatic heterocycles. The molecule has 1 unspecified atom stereocenters. The first-order chi connectivity index (χ1) is 18.2. The molecule has 0 saturated heterocycles. The molecule has 0 saturated carbocycles. The van der Waals surface area contributed by atoms with Crippen molar-refractivity contribution in [3.63, 3.8) is 0 Å². The maximum absolute atomic E-state index is 13.9. The quantitative estimate of drug-likeness (QED) is 0.385. The van der Waals surface area contributed by atoms with Gasteiger partial charge in [-0.15, -0.1) is 0 Å². The minimum Gasteiger partial charge on any atom is -0.454 e. The number of nitrogens with zero attached hydrogens (tertiary/aromatic N) is 2. The largest absolute Gasteiger partial charge is 0.454 e. The van der Waals surface area contributed by atoms with Gasteiger partial charge in [-0.2, -0.15) is 0 Å². The number of ether oxygens (including phenoxy) is 2. The van der Waals surface area contributed by atoms with E-state index in [1.807, 2.05) is 53.1 Å². The van der Waals surface area contributed by atoms with Gasteiger partial charge in [0.25, 0.3) is 5.56 Å². The fourth-order valence-corrected chi connectivity index (χ4v) is 6.40. The molecule has 182 valence electrons. The number of aromatic nitrogens is 1. The van der Waals surface area contributed by atoms with E-state index in [4.69, 9.17) is 14.5 Å². The normalized spacial score (nSPS) is 19.5. The van der Waals surface area contributed by atoms with Crippen molar-refractivity contribution in [2.75, 3.05) is 6.79 Å². The van der Waals surface area contributed by atoms with Crippen molar-refractivity contribution in [2.24, 2.45) is 4.99 Å². The van der Waals surface area contributed by atoms with Crippen LogP contribution in [0.4, 0.5) is 0 Å². The summed E-state index contributed by atoms with van der Waals surface area (Å²) in [6.07, 6.45) is 7.12. The molecule has 1 aromatic heterocycles. The van der Waals surface area contributed by atoms with E-state index in [0.29, 0.717) is 10.3 Å². The van der Waals surface area contributed by atoms with Crippen LogP contribution in [-0.2, 0) is 0 Å². The second-order valence-electron chi connectivity index (χ2n) is 9.41. The van der Waals surface area contributed by atoms with Crippen LogP contribution in [0.1, 0.15) is 42.0 Å². The number of hydrogen-bond acceptors (Lipinski definition) is 5. The molecule has 7 rings (SSSR count). The molecule has 1 aliphatic carbocycles. The number of rotatable bonds is 3. The van der Waals surface area contributed by atoms with Crippen molar-refractivity contribution in [1.29, 1.82) is 0 Å². The fourth-order valence-electron chi connectivity index (χ4n) is 5.40. The van der Waals surface area contributed by atoms with Crippen molar-refractivity contribution in [3.8, 4) is 11.5 Å². The van der Waals surface area contributed by atoms with E-state index < -0.39 is 0 Å². The van der Waals surface area contributed by atoms with Crippen LogP contribution in [0.15, 0.2) is 105 Å². The van der Waals surface area contributed by atoms with Crippen LogP contribution in [0.25, 0.3) is 12.2 Å². The van der Waals surface area contributed by atoms with Gasteiger partial charge >= 0.3 is 0 Å². The van der Waals surface area contributed by atoms with Crippen LogP contribution < -0.4 is 24.4 Å². The molecule has 3 aliphatic rings. The highest BCUT2D eigenvalue weighted by Gasteiger charge is 2.32. The summed E-state index contributed by atoms with van der Waals surface area (Å²) in [4.78, 5) is 19.7. The first-order valence-corrected chi connectivity index (χ1v) is 13.3. The van der Waals surface area contributed by atoms with Crippen molar-refractivity contribution >= 4 is 23.5 Å². The Labute approximate surface area is 218 Å². The van der Waals surface area contributed by atoms with Gasteiger partial charge < -0.3 is 9.47 Å². The molecule has 0 radical (unpaired) electrons. The number of fused-ring (bicyclic) bond motifs is 2. The molecule has 4 aromatic rings. The topological polar surface area (TPSA) is 52.8 Å². The Kier molecular flexibility index (Phi) is 5.40. The average Bonchev–Trinajstić information content (AvgIpc) is 3.53. The van der Waals surface area contributed by atoms with Gasteiger partial charge in [0.2, 0.25) is 6.79 Å². The summed E-state index contributed by atoms with van der Waals surface area (Å²) in [5.41, 5.74) is 6.67. The molecule has 0 amide bonds. The lowest BCUT2D eigenvalue weighted by Gasteiger charge is -2.31. The SMILES string of the molecule is O=c1/c(=C\c2ccc3c(c2)OCO3)sc2n1C(c1ccccc1)C1=C(N=2)/C(=C\c2ccccc2)CCC1. The molecule has 3 aromatic carbocycles. The maximum Gasteiger partial charge on any atom is 0.271 e. The highest BCUT2D eigenvalue weighted by molar-refractivity contribution is 7.07. The average molecular weight is 505 g/mol. The lowest BCUT2D eigenvalue weighted by Crippen LogP contribution is -2.39. The van der Waals surface area contributed by atoms with Gasteiger partial charge in [-0.1, -0.05) is 78.1 Å². The van der Waals surface area contributed by atoms with Crippen LogP contribution in [0.5, 0.6) is 11.5 Å². The van der Waals surface area contributed by atoms with Crippen LogP contribution in [-0.4, -0.2) is 11.4 Å². The zero-order valence-electron chi connectivity index (χ0n) is 20.1. The summed E-state index contributed by atoms with van der Waals surface area (Å²) < 4.78 is 13.5. The van der Waals surface area contributed by atoms with Crippen LogP contribution in [0, 0.1) is 0 Å². The minimum atomic E-state index is -0.161. The molecule has 0 N–H and O–H groups in total. The Balaban J connectivity index is 1.43. The van der Waals surface area contributed by atoms with E-state index in [2.05, 4.69) is 42.5 Å². The van der Waals surface area contributed by atoms with Crippen molar-refractivity contribution in [2.45, 2.75) is 25.3 Å². The van der Waals surface area contributed by atoms with Gasteiger partial charge in [0.15, 0.2) is 16.3 Å². The first kappa shape index (κ1) is 22.1. The molecular formula is C31H24N2O3S. The lowest BCUT2D eigenvalue weighted by atomic mass is 9.84. The van der Waals surface area contributed by atoms with Crippen molar-refractivity contribution in [3.05, 3.63) is 132 Å². The maximum atomic E-state index is 13.9. The Bertz CT molecular complexity index is 1750. The first-order valence-electron chi connectivity index (χ1n) is 12.5. The number of thiazole rings is 1. The minimum absolute atomic E-state index is 0.0130. The van der Waals surface area contributed by atoms with Gasteiger partial charge in [-0.05, 0) is 71.4 Å². The van der Waals surface area contributed by atoms with E-state index in [1.165, 1.54) is 28.0 Å². The van der Waals surface area contributed by atoms with Crippen LogP contribution >= 0.6 is 11.3 Å². The number of allylic oxidation sites excluding steroid dienone is 2. The second kappa shape index (κ2) is 9.05. The zero-order valence-corrected chi connectivity index (χ0v) is 20.9. The summed E-state index contributed by atoms with van der Waals surface area (Å²) in [6, 6.07) is 26.3. The molecule has 0 bridgehead atoms. The molecular weight excluding hydrogens is 480 g/mol. The third-order valence-electron chi connectivity index (χ3n) is 7.08. The summed E-state index contributed by atoms with van der Waals surface area (Å²) in [5, 5.41) is 0. The fraction of sp³-hybridized carbons (Fsp3) is 0.161. The predicted molar refractivity (Wildman–Crippen MR) is 145 cm³/mol. The zero-order chi connectivity index (χ0) is 24.8. The van der Waals surface area contributed by atoms with E-state index >= 15 is 0 Å². The summed E-state index contributed by atoms with van der Waals surface area (Å²) in [5.74, 6) is 1.43. The molecule has 6 heteroatoms. The highest BCUT2D eigenvalue weighted by atomic mass is 32.1.